The van der Waals surface area contributed by atoms with E-state index < -0.39 is 0 Å². The summed E-state index contributed by atoms with van der Waals surface area (Å²) in [5, 5.41) is 2.64. The highest BCUT2D eigenvalue weighted by Crippen LogP contribution is 2.50. The van der Waals surface area contributed by atoms with Gasteiger partial charge >= 0.3 is 0 Å². The number of benzene rings is 8. The zero-order valence-electron chi connectivity index (χ0n) is 32.9. The molecule has 0 bridgehead atoms. The summed E-state index contributed by atoms with van der Waals surface area (Å²) in [5.41, 5.74) is 21.7. The third-order valence-electron chi connectivity index (χ3n) is 12.8. The first kappa shape index (κ1) is 34.6. The van der Waals surface area contributed by atoms with Gasteiger partial charge in [-0.15, -0.1) is 0 Å². The molecule has 2 aliphatic rings. The van der Waals surface area contributed by atoms with Gasteiger partial charge in [-0.3, -0.25) is 0 Å². The van der Waals surface area contributed by atoms with Crippen LogP contribution in [0.3, 0.4) is 0 Å². The van der Waals surface area contributed by atoms with Crippen LogP contribution in [0.2, 0.25) is 0 Å². The number of para-hydroxylation sites is 2. The molecule has 0 aliphatic heterocycles. The first-order valence-corrected chi connectivity index (χ1v) is 21.2. The zero-order chi connectivity index (χ0) is 38.4. The highest BCUT2D eigenvalue weighted by molar-refractivity contribution is 6.10. The second kappa shape index (κ2) is 14.7. The van der Waals surface area contributed by atoms with E-state index in [-0.39, 0.29) is 0 Å². The van der Waals surface area contributed by atoms with Gasteiger partial charge in [0.25, 0.3) is 0 Å². The number of rotatable bonds is 7. The number of anilines is 3. The lowest BCUT2D eigenvalue weighted by Gasteiger charge is -2.37. The Hall–Kier alpha value is -6.64. The van der Waals surface area contributed by atoms with E-state index in [1.807, 2.05) is 0 Å². The molecule has 0 spiro atoms. The Morgan fingerprint density at radius 3 is 1.33 bits per heavy atom. The first-order chi connectivity index (χ1) is 28.8. The zero-order valence-corrected chi connectivity index (χ0v) is 32.9. The van der Waals surface area contributed by atoms with Crippen molar-refractivity contribution in [1.29, 1.82) is 0 Å². The molecular weight excluding hydrogens is 701 g/mol. The van der Waals surface area contributed by atoms with Crippen LogP contribution in [-0.2, 0) is 25.7 Å². The van der Waals surface area contributed by atoms with Crippen LogP contribution < -0.4 is 4.90 Å². The molecule has 0 unspecified atom stereocenters. The first-order valence-electron chi connectivity index (χ1n) is 21.2. The minimum atomic E-state index is 1.10. The number of hydrogen-bond acceptors (Lipinski definition) is 1. The summed E-state index contributed by atoms with van der Waals surface area (Å²) in [6, 6.07) is 67.3. The Balaban J connectivity index is 1.12. The third-order valence-corrected chi connectivity index (χ3v) is 12.8. The van der Waals surface area contributed by atoms with Gasteiger partial charge in [0, 0.05) is 27.8 Å². The van der Waals surface area contributed by atoms with Gasteiger partial charge in [0.15, 0.2) is 0 Å². The van der Waals surface area contributed by atoms with E-state index in [1.165, 1.54) is 104 Å². The summed E-state index contributed by atoms with van der Waals surface area (Å²) in [6.45, 7) is 0. The molecule has 58 heavy (non-hydrogen) atoms. The van der Waals surface area contributed by atoms with Crippen molar-refractivity contribution < 1.29 is 0 Å². The molecule has 0 atom stereocenters. The smallest absolute Gasteiger partial charge is 0.0541 e. The quantitative estimate of drug-likeness (QED) is 0.158. The second-order valence-corrected chi connectivity index (χ2v) is 16.1. The standard InChI is InChI=1S/C56H46N2/c1-4-16-39(17-5-1)41-28-33-45(34-29-41)57(46-35-30-42(31-36-46)40-18-6-2-7-19-40)56-50-25-12-10-23-48(50)55(49-24-11-13-26-51(49)56)43-32-37-54-52(38-43)47-22-14-15-27-53(47)58(54)44-20-8-3-9-21-44/h1-9,14-22,27-38H,10-13,23-26H2. The van der Waals surface area contributed by atoms with Crippen LogP contribution in [-0.4, -0.2) is 4.57 Å². The van der Waals surface area contributed by atoms with Crippen molar-refractivity contribution in [2.24, 2.45) is 0 Å². The van der Waals surface area contributed by atoms with Crippen LogP contribution in [0.4, 0.5) is 17.1 Å². The van der Waals surface area contributed by atoms with Crippen molar-refractivity contribution in [3.8, 4) is 39.1 Å². The number of hydrogen-bond donors (Lipinski definition) is 0. The summed E-state index contributed by atoms with van der Waals surface area (Å²) < 4.78 is 2.44. The monoisotopic (exact) mass is 746 g/mol. The average Bonchev–Trinajstić information content (AvgIpc) is 3.64. The van der Waals surface area contributed by atoms with Gasteiger partial charge < -0.3 is 9.47 Å². The highest BCUT2D eigenvalue weighted by atomic mass is 15.1. The van der Waals surface area contributed by atoms with Gasteiger partial charge in [-0.25, -0.2) is 0 Å². The molecule has 8 aromatic carbocycles. The van der Waals surface area contributed by atoms with Crippen molar-refractivity contribution >= 4 is 38.9 Å². The van der Waals surface area contributed by atoms with Gasteiger partial charge in [0.05, 0.1) is 16.7 Å². The van der Waals surface area contributed by atoms with E-state index in [9.17, 15) is 0 Å². The van der Waals surface area contributed by atoms with Crippen LogP contribution in [0.5, 0.6) is 0 Å². The summed E-state index contributed by atoms with van der Waals surface area (Å²) >= 11 is 0. The fourth-order valence-corrected chi connectivity index (χ4v) is 10.1. The van der Waals surface area contributed by atoms with Gasteiger partial charge in [0.1, 0.15) is 0 Å². The molecule has 280 valence electrons. The lowest BCUT2D eigenvalue weighted by molar-refractivity contribution is 0.661. The molecule has 9 aromatic rings. The van der Waals surface area contributed by atoms with Gasteiger partial charge in [-0.2, -0.15) is 0 Å². The molecule has 11 rings (SSSR count). The summed E-state index contributed by atoms with van der Waals surface area (Å²) in [5.74, 6) is 0. The molecule has 2 heteroatoms. The Morgan fingerprint density at radius 2 is 0.776 bits per heavy atom. The molecule has 0 saturated carbocycles. The van der Waals surface area contributed by atoms with Gasteiger partial charge in [-0.05, 0) is 162 Å². The minimum Gasteiger partial charge on any atom is -0.310 e. The summed E-state index contributed by atoms with van der Waals surface area (Å²) in [6.07, 6.45) is 9.31. The molecule has 0 radical (unpaired) electrons. The van der Waals surface area contributed by atoms with E-state index in [4.69, 9.17) is 0 Å². The number of nitrogens with zero attached hydrogens (tertiary/aromatic N) is 2. The number of fused-ring (bicyclic) bond motifs is 5. The lowest BCUT2D eigenvalue weighted by Crippen LogP contribution is -2.21. The van der Waals surface area contributed by atoms with E-state index in [2.05, 4.69) is 191 Å². The Labute approximate surface area is 341 Å². The topological polar surface area (TPSA) is 8.17 Å². The maximum absolute atomic E-state index is 2.62. The van der Waals surface area contributed by atoms with Crippen molar-refractivity contribution in [3.63, 3.8) is 0 Å². The molecule has 1 heterocycles. The van der Waals surface area contributed by atoms with E-state index in [0.29, 0.717) is 0 Å². The maximum atomic E-state index is 2.62. The largest absolute Gasteiger partial charge is 0.310 e. The molecular formula is C56H46N2. The Kier molecular flexibility index (Phi) is 8.77. The Morgan fingerprint density at radius 1 is 0.345 bits per heavy atom. The maximum Gasteiger partial charge on any atom is 0.0541 e. The SMILES string of the molecule is c1ccc(-c2ccc(N(c3ccc(-c4ccccc4)cc3)c3c4c(c(-c5ccc6c(c5)c5ccccc5n6-c5ccccc5)c5c3CCCC5)CCCC4)cc2)cc1. The van der Waals surface area contributed by atoms with Crippen molar-refractivity contribution in [1.82, 2.24) is 4.57 Å². The predicted octanol–water partition coefficient (Wildman–Crippen LogP) is 15.0. The van der Waals surface area contributed by atoms with Crippen LogP contribution in [0.1, 0.15) is 47.9 Å². The average molecular weight is 747 g/mol. The normalized spacial score (nSPS) is 13.7. The summed E-state index contributed by atoms with van der Waals surface area (Å²) in [4.78, 5) is 2.62. The van der Waals surface area contributed by atoms with Crippen LogP contribution in [0.15, 0.2) is 182 Å². The predicted molar refractivity (Wildman–Crippen MR) is 245 cm³/mol. The number of aromatic nitrogens is 1. The molecule has 2 aliphatic carbocycles. The van der Waals surface area contributed by atoms with Crippen LogP contribution in [0.25, 0.3) is 60.9 Å². The lowest BCUT2D eigenvalue weighted by atomic mass is 9.75. The summed E-state index contributed by atoms with van der Waals surface area (Å²) in [7, 11) is 0. The molecule has 2 nitrogen and oxygen atoms in total. The van der Waals surface area contributed by atoms with Gasteiger partial charge in [-0.1, -0.05) is 127 Å². The molecule has 0 saturated heterocycles. The fraction of sp³-hybridized carbons (Fsp3) is 0.143. The van der Waals surface area contributed by atoms with Crippen LogP contribution in [0, 0.1) is 0 Å². The van der Waals surface area contributed by atoms with Gasteiger partial charge in [0.2, 0.25) is 0 Å². The van der Waals surface area contributed by atoms with Crippen molar-refractivity contribution in [3.05, 3.63) is 204 Å². The van der Waals surface area contributed by atoms with Crippen LogP contribution >= 0.6 is 0 Å². The molecule has 0 amide bonds. The van der Waals surface area contributed by atoms with E-state index in [1.54, 1.807) is 22.3 Å². The fourth-order valence-electron chi connectivity index (χ4n) is 10.1. The Bertz CT molecular complexity index is 2780. The minimum absolute atomic E-state index is 1.10. The molecule has 0 fully saturated rings. The molecule has 1 aromatic heterocycles. The van der Waals surface area contributed by atoms with E-state index in [0.717, 1.165) is 25.7 Å². The van der Waals surface area contributed by atoms with E-state index >= 15 is 0 Å². The highest BCUT2D eigenvalue weighted by Gasteiger charge is 2.31. The third kappa shape index (κ3) is 5.94. The second-order valence-electron chi connectivity index (χ2n) is 16.1. The van der Waals surface area contributed by atoms with Crippen molar-refractivity contribution in [2.45, 2.75) is 51.4 Å². The molecule has 0 N–H and O–H groups in total. The van der Waals surface area contributed by atoms with Crippen molar-refractivity contribution in [2.75, 3.05) is 4.90 Å².